The standard InChI is InChI=1S/C24H19N3O3S/c1-27-22(24(29)26-20-13-7-8-16-25-20)23(18-11-5-6-12-19(18)31-27)30-21(28)15-14-17-9-3-2-4-10-17/h2-16H,1H3,(H,25,26,29). The van der Waals surface area contributed by atoms with E-state index in [1.807, 2.05) is 54.6 Å². The van der Waals surface area contributed by atoms with E-state index >= 15 is 0 Å². The van der Waals surface area contributed by atoms with Gasteiger partial charge in [0.1, 0.15) is 5.82 Å². The summed E-state index contributed by atoms with van der Waals surface area (Å²) in [6, 6.07) is 22.2. The topological polar surface area (TPSA) is 71.5 Å². The molecule has 6 nitrogen and oxygen atoms in total. The lowest BCUT2D eigenvalue weighted by molar-refractivity contribution is -0.131. The van der Waals surface area contributed by atoms with Gasteiger partial charge in [0.25, 0.3) is 5.91 Å². The number of benzene rings is 2. The van der Waals surface area contributed by atoms with Gasteiger partial charge < -0.3 is 14.4 Å². The molecule has 1 aliphatic rings. The van der Waals surface area contributed by atoms with Gasteiger partial charge in [-0.15, -0.1) is 0 Å². The van der Waals surface area contributed by atoms with E-state index in [-0.39, 0.29) is 11.5 Å². The van der Waals surface area contributed by atoms with Crippen LogP contribution in [-0.2, 0) is 14.3 Å². The average Bonchev–Trinajstić information content (AvgIpc) is 2.79. The minimum absolute atomic E-state index is 0.202. The van der Waals surface area contributed by atoms with Crippen molar-refractivity contribution in [3.8, 4) is 0 Å². The fourth-order valence-corrected chi connectivity index (χ4v) is 3.97. The summed E-state index contributed by atoms with van der Waals surface area (Å²) >= 11 is 1.38. The Hall–Kier alpha value is -3.84. The minimum Gasteiger partial charge on any atom is -0.420 e. The molecule has 1 aliphatic heterocycles. The zero-order valence-electron chi connectivity index (χ0n) is 16.7. The Bertz CT molecular complexity index is 1160. The van der Waals surface area contributed by atoms with Crippen molar-refractivity contribution in [1.29, 1.82) is 0 Å². The van der Waals surface area contributed by atoms with Crippen molar-refractivity contribution in [3.05, 3.63) is 102 Å². The molecule has 0 aliphatic carbocycles. The Morgan fingerprint density at radius 2 is 1.74 bits per heavy atom. The average molecular weight is 430 g/mol. The third kappa shape index (κ3) is 4.84. The number of ether oxygens (including phenoxy) is 1. The quantitative estimate of drug-likeness (QED) is 0.363. The number of likely N-dealkylation sites (N-methyl/N-ethyl adjacent to an activating group) is 1. The second-order valence-corrected chi connectivity index (χ2v) is 7.77. The number of carbonyl (C=O) groups is 2. The summed E-state index contributed by atoms with van der Waals surface area (Å²) < 4.78 is 7.38. The van der Waals surface area contributed by atoms with Crippen molar-refractivity contribution >= 4 is 41.5 Å². The first-order chi connectivity index (χ1) is 15.1. The SMILES string of the molecule is CN1Sc2ccccc2C(OC(=O)C=Cc2ccccc2)=C1C(=O)Nc1ccccn1. The molecule has 3 aromatic rings. The van der Waals surface area contributed by atoms with Crippen LogP contribution >= 0.6 is 11.9 Å². The molecular formula is C24H19N3O3S. The lowest BCUT2D eigenvalue weighted by atomic mass is 10.1. The van der Waals surface area contributed by atoms with Crippen molar-refractivity contribution in [1.82, 2.24) is 9.29 Å². The van der Waals surface area contributed by atoms with Crippen LogP contribution in [-0.4, -0.2) is 28.2 Å². The van der Waals surface area contributed by atoms with E-state index in [2.05, 4.69) is 10.3 Å². The van der Waals surface area contributed by atoms with Crippen LogP contribution in [0.15, 0.2) is 95.7 Å². The molecule has 0 bridgehead atoms. The zero-order valence-corrected chi connectivity index (χ0v) is 17.5. The van der Waals surface area contributed by atoms with Gasteiger partial charge in [0.05, 0.1) is 0 Å². The number of nitrogens with zero attached hydrogens (tertiary/aromatic N) is 2. The molecule has 2 heterocycles. The molecule has 4 rings (SSSR count). The van der Waals surface area contributed by atoms with Gasteiger partial charge >= 0.3 is 5.97 Å². The molecule has 0 unspecified atom stereocenters. The third-order valence-electron chi connectivity index (χ3n) is 4.43. The van der Waals surface area contributed by atoms with Gasteiger partial charge in [-0.1, -0.05) is 48.5 Å². The van der Waals surface area contributed by atoms with Crippen LogP contribution in [0.25, 0.3) is 11.8 Å². The van der Waals surface area contributed by atoms with Crippen LogP contribution in [0.2, 0.25) is 0 Å². The van der Waals surface area contributed by atoms with Crippen LogP contribution in [0.5, 0.6) is 0 Å². The number of hydrogen-bond donors (Lipinski definition) is 1. The summed E-state index contributed by atoms with van der Waals surface area (Å²) in [5, 5.41) is 2.76. The highest BCUT2D eigenvalue weighted by Crippen LogP contribution is 2.40. The van der Waals surface area contributed by atoms with Gasteiger partial charge in [-0.2, -0.15) is 0 Å². The van der Waals surface area contributed by atoms with Crippen LogP contribution in [0, 0.1) is 0 Å². The summed E-state index contributed by atoms with van der Waals surface area (Å²) in [6.07, 6.45) is 4.61. The molecule has 1 aromatic heterocycles. The maximum absolute atomic E-state index is 13.1. The fourth-order valence-electron chi connectivity index (χ4n) is 3.02. The van der Waals surface area contributed by atoms with Crippen molar-refractivity contribution in [2.45, 2.75) is 4.90 Å². The van der Waals surface area contributed by atoms with Crippen molar-refractivity contribution in [2.24, 2.45) is 0 Å². The Kier molecular flexibility index (Phi) is 6.14. The van der Waals surface area contributed by atoms with Gasteiger partial charge in [0.15, 0.2) is 11.5 Å². The van der Waals surface area contributed by atoms with Gasteiger partial charge in [-0.3, -0.25) is 4.79 Å². The predicted molar refractivity (Wildman–Crippen MR) is 121 cm³/mol. The second kappa shape index (κ2) is 9.32. The smallest absolute Gasteiger partial charge is 0.336 e. The molecular weight excluding hydrogens is 410 g/mol. The van der Waals surface area contributed by atoms with Crippen LogP contribution in [0.3, 0.4) is 0 Å². The largest absolute Gasteiger partial charge is 0.420 e. The Morgan fingerprint density at radius 3 is 2.52 bits per heavy atom. The first-order valence-electron chi connectivity index (χ1n) is 9.54. The highest BCUT2D eigenvalue weighted by atomic mass is 32.2. The monoisotopic (exact) mass is 429 g/mol. The Balaban J connectivity index is 1.67. The first kappa shape index (κ1) is 20.4. The zero-order chi connectivity index (χ0) is 21.6. The van der Waals surface area contributed by atoms with Gasteiger partial charge in [0, 0.05) is 29.8 Å². The third-order valence-corrected chi connectivity index (χ3v) is 5.44. The molecule has 0 fully saturated rings. The number of aromatic nitrogens is 1. The molecule has 154 valence electrons. The number of pyridine rings is 1. The van der Waals surface area contributed by atoms with Crippen molar-refractivity contribution < 1.29 is 14.3 Å². The van der Waals surface area contributed by atoms with Crippen molar-refractivity contribution in [2.75, 3.05) is 12.4 Å². The van der Waals surface area contributed by atoms with Crippen LogP contribution in [0.1, 0.15) is 11.1 Å². The molecule has 0 saturated carbocycles. The predicted octanol–water partition coefficient (Wildman–Crippen LogP) is 4.60. The summed E-state index contributed by atoms with van der Waals surface area (Å²) in [5.41, 5.74) is 1.78. The molecule has 1 amide bonds. The van der Waals surface area contributed by atoms with E-state index < -0.39 is 11.9 Å². The number of esters is 1. The van der Waals surface area contributed by atoms with Gasteiger partial charge in [0.2, 0.25) is 0 Å². The number of carbonyl (C=O) groups excluding carboxylic acids is 2. The molecule has 0 saturated heterocycles. The van der Waals surface area contributed by atoms with E-state index in [0.29, 0.717) is 11.4 Å². The summed E-state index contributed by atoms with van der Waals surface area (Å²) in [6.45, 7) is 0. The maximum atomic E-state index is 13.1. The minimum atomic E-state index is -0.572. The normalized spacial score (nSPS) is 13.1. The van der Waals surface area contributed by atoms with E-state index in [1.54, 1.807) is 41.8 Å². The van der Waals surface area contributed by atoms with E-state index in [9.17, 15) is 9.59 Å². The lowest BCUT2D eigenvalue weighted by Gasteiger charge is -2.29. The van der Waals surface area contributed by atoms with Gasteiger partial charge in [-0.05, 0) is 47.9 Å². The van der Waals surface area contributed by atoms with Crippen LogP contribution < -0.4 is 5.32 Å². The van der Waals surface area contributed by atoms with Gasteiger partial charge in [-0.25, -0.2) is 9.78 Å². The first-order valence-corrected chi connectivity index (χ1v) is 10.3. The van der Waals surface area contributed by atoms with Crippen LogP contribution in [0.4, 0.5) is 5.82 Å². The lowest BCUT2D eigenvalue weighted by Crippen LogP contribution is -2.28. The number of fused-ring (bicyclic) bond motifs is 1. The highest BCUT2D eigenvalue weighted by molar-refractivity contribution is 7.97. The Labute approximate surface area is 184 Å². The molecule has 7 heteroatoms. The molecule has 0 atom stereocenters. The highest BCUT2D eigenvalue weighted by Gasteiger charge is 2.31. The maximum Gasteiger partial charge on any atom is 0.336 e. The summed E-state index contributed by atoms with van der Waals surface area (Å²) in [5.74, 6) is -0.380. The second-order valence-electron chi connectivity index (χ2n) is 6.60. The van der Waals surface area contributed by atoms with E-state index in [4.69, 9.17) is 4.74 Å². The summed E-state index contributed by atoms with van der Waals surface area (Å²) in [7, 11) is 1.75. The van der Waals surface area contributed by atoms with E-state index in [0.717, 1.165) is 10.5 Å². The molecule has 31 heavy (non-hydrogen) atoms. The number of amides is 1. The molecule has 1 N–H and O–H groups in total. The summed E-state index contributed by atoms with van der Waals surface area (Å²) in [4.78, 5) is 30.7. The molecule has 0 radical (unpaired) electrons. The molecule has 0 spiro atoms. The molecule has 2 aromatic carbocycles. The van der Waals surface area contributed by atoms with Crippen molar-refractivity contribution in [3.63, 3.8) is 0 Å². The fraction of sp³-hybridized carbons (Fsp3) is 0.0417. The number of anilines is 1. The number of nitrogens with one attached hydrogen (secondary N) is 1. The Morgan fingerprint density at radius 1 is 1.00 bits per heavy atom. The van der Waals surface area contributed by atoms with E-state index in [1.165, 1.54) is 18.0 Å². The number of hydrogen-bond acceptors (Lipinski definition) is 6. The number of rotatable bonds is 5.